The van der Waals surface area contributed by atoms with Crippen LogP contribution in [0.4, 0.5) is 8.78 Å². The Labute approximate surface area is 102 Å². The Morgan fingerprint density at radius 3 is 2.71 bits per heavy atom. The molecule has 0 amide bonds. The van der Waals surface area contributed by atoms with Gasteiger partial charge in [-0.15, -0.1) is 11.6 Å². The molecule has 17 heavy (non-hydrogen) atoms. The molecule has 0 radical (unpaired) electrons. The van der Waals surface area contributed by atoms with Crippen molar-refractivity contribution in [1.29, 1.82) is 0 Å². The number of rotatable bonds is 2. The van der Waals surface area contributed by atoms with E-state index in [-0.39, 0.29) is 16.9 Å². The molecular formula is C12H11ClF2N2. The number of halogens is 3. The fraction of sp³-hybridized carbons (Fsp3) is 0.417. The van der Waals surface area contributed by atoms with E-state index in [0.29, 0.717) is 11.3 Å². The lowest BCUT2D eigenvalue weighted by molar-refractivity contribution is 0.529. The van der Waals surface area contributed by atoms with Crippen LogP contribution in [0.5, 0.6) is 0 Å². The Morgan fingerprint density at radius 2 is 2.12 bits per heavy atom. The Balaban J connectivity index is 2.38. The summed E-state index contributed by atoms with van der Waals surface area (Å²) in [6.45, 7) is 2.05. The van der Waals surface area contributed by atoms with Crippen molar-refractivity contribution in [3.05, 3.63) is 29.6 Å². The molecule has 2 aromatic rings. The summed E-state index contributed by atoms with van der Waals surface area (Å²) in [5.74, 6) is -0.409. The van der Waals surface area contributed by atoms with Crippen molar-refractivity contribution >= 4 is 22.6 Å². The van der Waals surface area contributed by atoms with Gasteiger partial charge in [0.25, 0.3) is 0 Å². The van der Waals surface area contributed by atoms with Gasteiger partial charge in [0.1, 0.15) is 17.2 Å². The topological polar surface area (TPSA) is 17.8 Å². The predicted molar refractivity (Wildman–Crippen MR) is 62.1 cm³/mol. The van der Waals surface area contributed by atoms with Gasteiger partial charge in [0.2, 0.25) is 0 Å². The number of hydrogen-bond acceptors (Lipinski definition) is 1. The van der Waals surface area contributed by atoms with E-state index in [9.17, 15) is 8.78 Å². The first-order valence-electron chi connectivity index (χ1n) is 5.48. The zero-order valence-electron chi connectivity index (χ0n) is 9.30. The van der Waals surface area contributed by atoms with Crippen molar-refractivity contribution in [3.63, 3.8) is 0 Å². The van der Waals surface area contributed by atoms with Crippen LogP contribution in [-0.2, 0) is 11.4 Å². The summed E-state index contributed by atoms with van der Waals surface area (Å²) < 4.78 is 28.8. The van der Waals surface area contributed by atoms with Gasteiger partial charge < -0.3 is 4.57 Å². The van der Waals surface area contributed by atoms with Crippen LogP contribution in [0.2, 0.25) is 0 Å². The van der Waals surface area contributed by atoms with Gasteiger partial charge in [-0.05, 0) is 25.8 Å². The minimum Gasteiger partial charge on any atom is -0.321 e. The van der Waals surface area contributed by atoms with E-state index in [1.165, 1.54) is 6.07 Å². The fourth-order valence-corrected chi connectivity index (χ4v) is 2.43. The molecule has 5 heteroatoms. The quantitative estimate of drug-likeness (QED) is 0.751. The Kier molecular flexibility index (Phi) is 2.20. The van der Waals surface area contributed by atoms with Crippen LogP contribution in [0.15, 0.2) is 12.1 Å². The molecule has 1 saturated carbocycles. The summed E-state index contributed by atoms with van der Waals surface area (Å²) in [6, 6.07) is 2.18. The third-order valence-corrected chi connectivity index (χ3v) is 3.62. The molecule has 1 aromatic heterocycles. The highest BCUT2D eigenvalue weighted by molar-refractivity contribution is 6.16. The maximum atomic E-state index is 13.6. The van der Waals surface area contributed by atoms with E-state index in [4.69, 9.17) is 11.6 Å². The highest BCUT2D eigenvalue weighted by Crippen LogP contribution is 2.46. The molecule has 90 valence electrons. The second-order valence-corrected chi connectivity index (χ2v) is 5.02. The second-order valence-electron chi connectivity index (χ2n) is 4.75. The summed E-state index contributed by atoms with van der Waals surface area (Å²) in [7, 11) is 0. The van der Waals surface area contributed by atoms with E-state index < -0.39 is 11.6 Å². The molecule has 0 spiro atoms. The third kappa shape index (κ3) is 1.54. The molecule has 1 heterocycles. The summed E-state index contributed by atoms with van der Waals surface area (Å²) in [4.78, 5) is 4.17. The zero-order chi connectivity index (χ0) is 12.2. The van der Waals surface area contributed by atoms with Gasteiger partial charge in [-0.1, -0.05) is 0 Å². The Morgan fingerprint density at radius 1 is 1.41 bits per heavy atom. The van der Waals surface area contributed by atoms with Crippen molar-refractivity contribution in [2.24, 2.45) is 0 Å². The van der Waals surface area contributed by atoms with Gasteiger partial charge in [0.15, 0.2) is 5.82 Å². The van der Waals surface area contributed by atoms with Crippen molar-refractivity contribution in [1.82, 2.24) is 9.55 Å². The summed E-state index contributed by atoms with van der Waals surface area (Å²) in [5.41, 5.74) is 0.618. The van der Waals surface area contributed by atoms with Gasteiger partial charge in [-0.2, -0.15) is 0 Å². The van der Waals surface area contributed by atoms with Crippen LogP contribution in [0, 0.1) is 11.6 Å². The monoisotopic (exact) mass is 256 g/mol. The molecule has 1 aliphatic rings. The zero-order valence-corrected chi connectivity index (χ0v) is 10.1. The number of aromatic nitrogens is 2. The molecule has 1 aliphatic carbocycles. The van der Waals surface area contributed by atoms with Crippen molar-refractivity contribution in [2.45, 2.75) is 31.2 Å². The molecule has 1 aromatic carbocycles. The lowest BCUT2D eigenvalue weighted by Crippen LogP contribution is -2.15. The number of hydrogen-bond donors (Lipinski definition) is 0. The van der Waals surface area contributed by atoms with Crippen molar-refractivity contribution in [2.75, 3.05) is 0 Å². The number of benzene rings is 1. The van der Waals surface area contributed by atoms with E-state index in [0.717, 1.165) is 18.9 Å². The van der Waals surface area contributed by atoms with E-state index in [1.54, 1.807) is 0 Å². The molecule has 0 unspecified atom stereocenters. The van der Waals surface area contributed by atoms with Crippen LogP contribution in [0.1, 0.15) is 25.6 Å². The van der Waals surface area contributed by atoms with Gasteiger partial charge in [-0.25, -0.2) is 13.8 Å². The van der Waals surface area contributed by atoms with Gasteiger partial charge in [0.05, 0.1) is 11.4 Å². The van der Waals surface area contributed by atoms with Gasteiger partial charge >= 0.3 is 0 Å². The van der Waals surface area contributed by atoms with Crippen LogP contribution in [-0.4, -0.2) is 9.55 Å². The van der Waals surface area contributed by atoms with Crippen molar-refractivity contribution in [3.8, 4) is 0 Å². The SMILES string of the molecule is CC1(n2c(CCl)nc3c(F)cc(F)cc32)CC1. The van der Waals surface area contributed by atoms with E-state index in [2.05, 4.69) is 4.98 Å². The average molecular weight is 257 g/mol. The second kappa shape index (κ2) is 3.42. The van der Waals surface area contributed by atoms with Gasteiger partial charge in [0, 0.05) is 11.6 Å². The summed E-state index contributed by atoms with van der Waals surface area (Å²) in [6.07, 6.45) is 1.97. The van der Waals surface area contributed by atoms with Crippen LogP contribution >= 0.6 is 11.6 Å². The minimum absolute atomic E-state index is 0.0841. The number of alkyl halides is 1. The smallest absolute Gasteiger partial charge is 0.153 e. The first-order valence-corrected chi connectivity index (χ1v) is 6.01. The lowest BCUT2D eigenvalue weighted by Gasteiger charge is -2.15. The molecule has 0 atom stereocenters. The van der Waals surface area contributed by atoms with Crippen LogP contribution in [0.3, 0.4) is 0 Å². The maximum Gasteiger partial charge on any atom is 0.153 e. The van der Waals surface area contributed by atoms with Crippen LogP contribution < -0.4 is 0 Å². The molecular weight excluding hydrogens is 246 g/mol. The lowest BCUT2D eigenvalue weighted by atomic mass is 10.2. The molecule has 0 saturated heterocycles. The maximum absolute atomic E-state index is 13.6. The highest BCUT2D eigenvalue weighted by Gasteiger charge is 2.42. The largest absolute Gasteiger partial charge is 0.321 e. The number of imidazole rings is 1. The predicted octanol–water partition coefficient (Wildman–Crippen LogP) is 3.56. The standard InChI is InChI=1S/C12H11ClF2N2/c1-12(2-3-12)17-9-5-7(14)4-8(15)11(9)16-10(17)6-13/h4-5H,2-3,6H2,1H3. The minimum atomic E-state index is -0.630. The van der Waals surface area contributed by atoms with Crippen molar-refractivity contribution < 1.29 is 8.78 Å². The average Bonchev–Trinajstić information content (AvgIpc) is 2.89. The first-order chi connectivity index (χ1) is 8.05. The summed E-state index contributed by atoms with van der Waals surface area (Å²) in [5, 5.41) is 0. The van der Waals surface area contributed by atoms with Crippen LogP contribution in [0.25, 0.3) is 11.0 Å². The molecule has 0 N–H and O–H groups in total. The fourth-order valence-electron chi connectivity index (χ4n) is 2.25. The molecule has 2 nitrogen and oxygen atoms in total. The molecule has 3 rings (SSSR count). The first kappa shape index (κ1) is 11.0. The number of nitrogens with zero attached hydrogens (tertiary/aromatic N) is 2. The Bertz CT molecular complexity index is 602. The third-order valence-electron chi connectivity index (χ3n) is 3.38. The van der Waals surface area contributed by atoms with E-state index >= 15 is 0 Å². The molecule has 1 fully saturated rings. The number of fused-ring (bicyclic) bond motifs is 1. The van der Waals surface area contributed by atoms with E-state index in [1.807, 2.05) is 11.5 Å². The molecule has 0 bridgehead atoms. The highest BCUT2D eigenvalue weighted by atomic mass is 35.5. The normalized spacial score (nSPS) is 17.6. The molecule has 0 aliphatic heterocycles. The van der Waals surface area contributed by atoms with Gasteiger partial charge in [-0.3, -0.25) is 0 Å². The summed E-state index contributed by atoms with van der Waals surface area (Å²) >= 11 is 5.83. The Hall–Kier alpha value is -1.16.